The zero-order valence-electron chi connectivity index (χ0n) is 14.9. The Kier molecular flexibility index (Phi) is 5.21. The van der Waals surface area contributed by atoms with E-state index in [0.717, 1.165) is 22.9 Å². The molecule has 25 heavy (non-hydrogen) atoms. The highest BCUT2D eigenvalue weighted by atomic mass is 16.5. The minimum Gasteiger partial charge on any atom is -0.497 e. The molecule has 2 heterocycles. The van der Waals surface area contributed by atoms with Gasteiger partial charge in [0, 0.05) is 25.1 Å². The smallest absolute Gasteiger partial charge is 0.226 e. The second-order valence-electron chi connectivity index (χ2n) is 6.47. The number of fused-ring (bicyclic) bond motifs is 1. The highest BCUT2D eigenvalue weighted by Gasteiger charge is 2.26. The SMILES string of the molecule is COc1ccc2c(c1)OC[C@@H](C(=O)NCCc1nncn1C(C)C)C2. The summed E-state index contributed by atoms with van der Waals surface area (Å²) >= 11 is 0. The summed E-state index contributed by atoms with van der Waals surface area (Å²) < 4.78 is 12.9. The van der Waals surface area contributed by atoms with Gasteiger partial charge in [-0.3, -0.25) is 4.79 Å². The van der Waals surface area contributed by atoms with Gasteiger partial charge >= 0.3 is 0 Å². The fourth-order valence-electron chi connectivity index (χ4n) is 2.97. The van der Waals surface area contributed by atoms with Crippen molar-refractivity contribution in [2.24, 2.45) is 5.92 Å². The van der Waals surface area contributed by atoms with Gasteiger partial charge in [0.15, 0.2) is 0 Å². The van der Waals surface area contributed by atoms with Crippen LogP contribution in [0, 0.1) is 5.92 Å². The number of amides is 1. The first kappa shape index (κ1) is 17.3. The van der Waals surface area contributed by atoms with Gasteiger partial charge in [0.2, 0.25) is 5.91 Å². The van der Waals surface area contributed by atoms with E-state index in [4.69, 9.17) is 9.47 Å². The number of nitrogens with zero attached hydrogens (tertiary/aromatic N) is 3. The van der Waals surface area contributed by atoms with Crippen LogP contribution < -0.4 is 14.8 Å². The Morgan fingerprint density at radius 3 is 3.08 bits per heavy atom. The van der Waals surface area contributed by atoms with Gasteiger partial charge in [-0.25, -0.2) is 0 Å². The molecule has 7 heteroatoms. The summed E-state index contributed by atoms with van der Waals surface area (Å²) in [5, 5.41) is 11.0. The van der Waals surface area contributed by atoms with E-state index in [2.05, 4.69) is 29.4 Å². The molecule has 0 radical (unpaired) electrons. The van der Waals surface area contributed by atoms with E-state index in [1.165, 1.54) is 0 Å². The summed E-state index contributed by atoms with van der Waals surface area (Å²) in [6, 6.07) is 6.02. The van der Waals surface area contributed by atoms with Crippen molar-refractivity contribution in [2.45, 2.75) is 32.7 Å². The van der Waals surface area contributed by atoms with Crippen LogP contribution >= 0.6 is 0 Å². The maximum Gasteiger partial charge on any atom is 0.226 e. The van der Waals surface area contributed by atoms with Crippen molar-refractivity contribution in [1.29, 1.82) is 0 Å². The van der Waals surface area contributed by atoms with Crippen molar-refractivity contribution < 1.29 is 14.3 Å². The maximum absolute atomic E-state index is 12.4. The van der Waals surface area contributed by atoms with Crippen LogP contribution in [0.3, 0.4) is 0 Å². The zero-order chi connectivity index (χ0) is 17.8. The first-order chi connectivity index (χ1) is 12.1. The Balaban J connectivity index is 1.53. The summed E-state index contributed by atoms with van der Waals surface area (Å²) in [7, 11) is 1.63. The first-order valence-corrected chi connectivity index (χ1v) is 8.54. The predicted octanol–water partition coefficient (Wildman–Crippen LogP) is 1.78. The third kappa shape index (κ3) is 3.92. The molecule has 0 aliphatic carbocycles. The van der Waals surface area contributed by atoms with E-state index in [1.807, 2.05) is 22.8 Å². The third-order valence-electron chi connectivity index (χ3n) is 4.40. The molecule has 1 aliphatic rings. The number of hydrogen-bond acceptors (Lipinski definition) is 5. The number of methoxy groups -OCH3 is 1. The molecule has 1 N–H and O–H groups in total. The minimum atomic E-state index is -0.177. The fraction of sp³-hybridized carbons (Fsp3) is 0.500. The zero-order valence-corrected chi connectivity index (χ0v) is 14.9. The lowest BCUT2D eigenvalue weighted by molar-refractivity contribution is -0.126. The average Bonchev–Trinajstić information content (AvgIpc) is 3.09. The standard InChI is InChI=1S/C18H24N4O3/c1-12(2)22-11-20-21-17(22)6-7-19-18(23)14-8-13-4-5-15(24-3)9-16(13)25-10-14/h4-5,9,11-12,14H,6-8,10H2,1-3H3,(H,19,23)/t14-/m0/s1. The number of nitrogens with one attached hydrogen (secondary N) is 1. The Bertz CT molecular complexity index is 742. The van der Waals surface area contributed by atoms with Crippen molar-refractivity contribution in [3.8, 4) is 11.5 Å². The lowest BCUT2D eigenvalue weighted by Crippen LogP contribution is -2.38. The van der Waals surface area contributed by atoms with Crippen LogP contribution in [0.15, 0.2) is 24.5 Å². The molecule has 3 rings (SSSR count). The van der Waals surface area contributed by atoms with E-state index >= 15 is 0 Å². The molecule has 1 amide bonds. The summed E-state index contributed by atoms with van der Waals surface area (Å²) in [6.45, 7) is 5.08. The molecule has 0 saturated heterocycles. The van der Waals surface area contributed by atoms with E-state index < -0.39 is 0 Å². The lowest BCUT2D eigenvalue weighted by Gasteiger charge is -2.25. The van der Waals surface area contributed by atoms with Gasteiger partial charge in [-0.05, 0) is 31.9 Å². The van der Waals surface area contributed by atoms with Crippen LogP contribution in [0.5, 0.6) is 11.5 Å². The van der Waals surface area contributed by atoms with Gasteiger partial charge in [-0.1, -0.05) is 6.07 Å². The van der Waals surface area contributed by atoms with Crippen LogP contribution in [0.25, 0.3) is 0 Å². The summed E-state index contributed by atoms with van der Waals surface area (Å²) in [5.74, 6) is 2.28. The largest absolute Gasteiger partial charge is 0.497 e. The minimum absolute atomic E-state index is 0.0112. The Morgan fingerprint density at radius 1 is 1.48 bits per heavy atom. The lowest BCUT2D eigenvalue weighted by atomic mass is 9.96. The Labute approximate surface area is 147 Å². The van der Waals surface area contributed by atoms with Gasteiger partial charge in [-0.15, -0.1) is 10.2 Å². The van der Waals surface area contributed by atoms with Gasteiger partial charge in [0.1, 0.15) is 30.3 Å². The molecule has 0 unspecified atom stereocenters. The van der Waals surface area contributed by atoms with Crippen molar-refractivity contribution in [1.82, 2.24) is 20.1 Å². The van der Waals surface area contributed by atoms with Crippen molar-refractivity contribution in [3.05, 3.63) is 35.9 Å². The molecule has 0 saturated carbocycles. The summed E-state index contributed by atoms with van der Waals surface area (Å²) in [4.78, 5) is 12.4. The van der Waals surface area contributed by atoms with Gasteiger partial charge in [-0.2, -0.15) is 0 Å². The van der Waals surface area contributed by atoms with Crippen LogP contribution in [0.1, 0.15) is 31.3 Å². The fourth-order valence-corrected chi connectivity index (χ4v) is 2.97. The van der Waals surface area contributed by atoms with Crippen LogP contribution in [0.2, 0.25) is 0 Å². The predicted molar refractivity (Wildman–Crippen MR) is 92.8 cm³/mol. The molecule has 1 atom stereocenters. The molecule has 0 fully saturated rings. The van der Waals surface area contributed by atoms with Crippen LogP contribution in [-0.2, 0) is 17.6 Å². The molecule has 1 aromatic heterocycles. The number of ether oxygens (including phenoxy) is 2. The number of hydrogen-bond donors (Lipinski definition) is 1. The van der Waals surface area contributed by atoms with E-state index in [0.29, 0.717) is 32.0 Å². The van der Waals surface area contributed by atoms with Crippen molar-refractivity contribution >= 4 is 5.91 Å². The maximum atomic E-state index is 12.4. The molecular weight excluding hydrogens is 320 g/mol. The number of carbonyl (C=O) groups excluding carboxylic acids is 1. The van der Waals surface area contributed by atoms with Gasteiger partial charge in [0.05, 0.1) is 13.0 Å². The van der Waals surface area contributed by atoms with Crippen LogP contribution in [0.4, 0.5) is 0 Å². The van der Waals surface area contributed by atoms with Gasteiger partial charge in [0.25, 0.3) is 0 Å². The normalized spacial score (nSPS) is 16.2. The molecular formula is C18H24N4O3. The first-order valence-electron chi connectivity index (χ1n) is 8.54. The highest BCUT2D eigenvalue weighted by Crippen LogP contribution is 2.31. The second kappa shape index (κ2) is 7.55. The van der Waals surface area contributed by atoms with Crippen molar-refractivity contribution in [2.75, 3.05) is 20.3 Å². The quantitative estimate of drug-likeness (QED) is 0.864. The number of benzene rings is 1. The molecule has 1 aromatic carbocycles. The van der Waals surface area contributed by atoms with Crippen molar-refractivity contribution in [3.63, 3.8) is 0 Å². The molecule has 2 aromatic rings. The Morgan fingerprint density at radius 2 is 2.32 bits per heavy atom. The summed E-state index contributed by atoms with van der Waals surface area (Å²) in [5.41, 5.74) is 1.03. The molecule has 134 valence electrons. The average molecular weight is 344 g/mol. The third-order valence-corrected chi connectivity index (χ3v) is 4.40. The molecule has 0 bridgehead atoms. The summed E-state index contributed by atoms with van der Waals surface area (Å²) in [6.07, 6.45) is 3.06. The van der Waals surface area contributed by atoms with E-state index in [9.17, 15) is 4.79 Å². The highest BCUT2D eigenvalue weighted by molar-refractivity contribution is 5.79. The topological polar surface area (TPSA) is 78.3 Å². The van der Waals surface area contributed by atoms with E-state index in [-0.39, 0.29) is 11.8 Å². The molecule has 1 aliphatic heterocycles. The number of aromatic nitrogens is 3. The monoisotopic (exact) mass is 344 g/mol. The van der Waals surface area contributed by atoms with E-state index in [1.54, 1.807) is 13.4 Å². The Hall–Kier alpha value is -2.57. The van der Waals surface area contributed by atoms with Gasteiger partial charge < -0.3 is 19.4 Å². The second-order valence-corrected chi connectivity index (χ2v) is 6.47. The molecule has 7 nitrogen and oxygen atoms in total. The van der Waals surface area contributed by atoms with Crippen LogP contribution in [-0.4, -0.2) is 40.9 Å². The molecule has 0 spiro atoms. The number of rotatable bonds is 6. The number of carbonyl (C=O) groups is 1.